The van der Waals surface area contributed by atoms with Gasteiger partial charge in [0, 0.05) is 58.4 Å². The van der Waals surface area contributed by atoms with E-state index in [2.05, 4.69) is 25.4 Å². The summed E-state index contributed by atoms with van der Waals surface area (Å²) in [7, 11) is 3.44. The minimum atomic E-state index is -0.495. The number of ether oxygens (including phenoxy) is 1. The van der Waals surface area contributed by atoms with Crippen molar-refractivity contribution in [3.8, 4) is 5.75 Å². The lowest BCUT2D eigenvalue weighted by atomic mass is 9.92. The summed E-state index contributed by atoms with van der Waals surface area (Å²) in [6.45, 7) is 9.58. The SMILES string of the molecule is CN=C(NCC(C)(C)C(=O)NC)N1CCN(CCOc2ccc(Cl)cc2)CC1. The molecule has 0 atom stereocenters. The molecule has 0 aliphatic carbocycles. The molecule has 8 heteroatoms. The first-order valence-electron chi connectivity index (χ1n) is 9.64. The van der Waals surface area contributed by atoms with Crippen molar-refractivity contribution in [1.29, 1.82) is 0 Å². The number of amides is 1. The van der Waals surface area contributed by atoms with Crippen LogP contribution in [0.2, 0.25) is 5.02 Å². The number of hydrogen-bond donors (Lipinski definition) is 2. The lowest BCUT2D eigenvalue weighted by Gasteiger charge is -2.37. The zero-order chi connectivity index (χ0) is 20.6. The Morgan fingerprint density at radius 3 is 2.43 bits per heavy atom. The number of halogens is 1. The van der Waals surface area contributed by atoms with E-state index in [1.165, 1.54) is 0 Å². The molecule has 7 nitrogen and oxygen atoms in total. The summed E-state index contributed by atoms with van der Waals surface area (Å²) in [6.07, 6.45) is 0. The summed E-state index contributed by atoms with van der Waals surface area (Å²) in [5.74, 6) is 1.70. The van der Waals surface area contributed by atoms with Crippen LogP contribution >= 0.6 is 11.6 Å². The lowest BCUT2D eigenvalue weighted by molar-refractivity contribution is -0.128. The fourth-order valence-corrected chi connectivity index (χ4v) is 3.18. The quantitative estimate of drug-likeness (QED) is 0.529. The summed E-state index contributed by atoms with van der Waals surface area (Å²) in [5, 5.41) is 6.76. The molecule has 1 amide bonds. The number of nitrogens with zero attached hydrogens (tertiary/aromatic N) is 3. The van der Waals surface area contributed by atoms with Crippen LogP contribution in [0, 0.1) is 5.41 Å². The Hall–Kier alpha value is -1.99. The van der Waals surface area contributed by atoms with E-state index in [1.807, 2.05) is 38.1 Å². The van der Waals surface area contributed by atoms with Gasteiger partial charge in [-0.15, -0.1) is 0 Å². The molecule has 1 saturated heterocycles. The van der Waals surface area contributed by atoms with E-state index in [0.717, 1.165) is 44.4 Å². The first-order chi connectivity index (χ1) is 13.4. The minimum Gasteiger partial charge on any atom is -0.492 e. The van der Waals surface area contributed by atoms with Crippen molar-refractivity contribution in [2.75, 3.05) is 60.0 Å². The molecule has 1 aliphatic heterocycles. The van der Waals surface area contributed by atoms with Crippen molar-refractivity contribution in [1.82, 2.24) is 20.4 Å². The number of hydrogen-bond acceptors (Lipinski definition) is 4. The molecule has 28 heavy (non-hydrogen) atoms. The van der Waals surface area contributed by atoms with Crippen LogP contribution in [0.5, 0.6) is 5.75 Å². The molecular weight excluding hydrogens is 378 g/mol. The van der Waals surface area contributed by atoms with Gasteiger partial charge in [-0.05, 0) is 38.1 Å². The number of nitrogens with one attached hydrogen (secondary N) is 2. The molecule has 156 valence electrons. The van der Waals surface area contributed by atoms with Gasteiger partial charge in [0.25, 0.3) is 0 Å². The Balaban J connectivity index is 1.72. The largest absolute Gasteiger partial charge is 0.492 e. The van der Waals surface area contributed by atoms with Crippen LogP contribution in [0.25, 0.3) is 0 Å². The van der Waals surface area contributed by atoms with E-state index in [1.54, 1.807) is 14.1 Å². The molecule has 1 fully saturated rings. The minimum absolute atomic E-state index is 0.0148. The highest BCUT2D eigenvalue weighted by Crippen LogP contribution is 2.16. The average molecular weight is 410 g/mol. The van der Waals surface area contributed by atoms with Gasteiger partial charge in [0.1, 0.15) is 12.4 Å². The van der Waals surface area contributed by atoms with Gasteiger partial charge in [-0.2, -0.15) is 0 Å². The van der Waals surface area contributed by atoms with Gasteiger partial charge >= 0.3 is 0 Å². The average Bonchev–Trinajstić information content (AvgIpc) is 2.70. The van der Waals surface area contributed by atoms with Crippen LogP contribution < -0.4 is 15.4 Å². The van der Waals surface area contributed by atoms with Crippen molar-refractivity contribution in [3.63, 3.8) is 0 Å². The maximum absolute atomic E-state index is 11.9. The van der Waals surface area contributed by atoms with E-state index in [0.29, 0.717) is 18.2 Å². The first kappa shape index (κ1) is 22.3. The highest BCUT2D eigenvalue weighted by atomic mass is 35.5. The smallest absolute Gasteiger partial charge is 0.227 e. The number of carbonyl (C=O) groups is 1. The highest BCUT2D eigenvalue weighted by molar-refractivity contribution is 6.30. The Labute approximate surface area is 173 Å². The molecule has 0 aromatic heterocycles. The zero-order valence-electron chi connectivity index (χ0n) is 17.3. The van der Waals surface area contributed by atoms with E-state index in [-0.39, 0.29) is 5.91 Å². The van der Waals surface area contributed by atoms with Gasteiger partial charge < -0.3 is 20.3 Å². The van der Waals surface area contributed by atoms with Crippen LogP contribution in [0.4, 0.5) is 0 Å². The van der Waals surface area contributed by atoms with E-state index in [4.69, 9.17) is 16.3 Å². The molecule has 1 aromatic carbocycles. The molecular formula is C20H32ClN5O2. The van der Waals surface area contributed by atoms with Crippen molar-refractivity contribution < 1.29 is 9.53 Å². The molecule has 2 N–H and O–H groups in total. The molecule has 1 aromatic rings. The Kier molecular flexibility index (Phi) is 8.38. The second-order valence-corrected chi connectivity index (χ2v) is 7.93. The second kappa shape index (κ2) is 10.5. The number of piperazine rings is 1. The molecule has 1 heterocycles. The number of rotatable bonds is 7. The van der Waals surface area contributed by atoms with Crippen molar-refractivity contribution in [3.05, 3.63) is 29.3 Å². The van der Waals surface area contributed by atoms with E-state index in [9.17, 15) is 4.79 Å². The Bertz CT molecular complexity index is 655. The molecule has 0 spiro atoms. The third kappa shape index (κ3) is 6.56. The Morgan fingerprint density at radius 2 is 1.86 bits per heavy atom. The van der Waals surface area contributed by atoms with Crippen molar-refractivity contribution in [2.24, 2.45) is 10.4 Å². The predicted octanol–water partition coefficient (Wildman–Crippen LogP) is 1.68. The molecule has 2 rings (SSSR count). The summed E-state index contributed by atoms with van der Waals surface area (Å²) in [6, 6.07) is 7.44. The summed E-state index contributed by atoms with van der Waals surface area (Å²) < 4.78 is 5.78. The Morgan fingerprint density at radius 1 is 1.21 bits per heavy atom. The molecule has 0 unspecified atom stereocenters. The lowest BCUT2D eigenvalue weighted by Crippen LogP contribution is -2.54. The third-order valence-corrected chi connectivity index (χ3v) is 5.16. The standard InChI is InChI=1S/C20H32ClN5O2/c1-20(2,18(27)22-3)15-24-19(23-4)26-11-9-25(10-12-26)13-14-28-17-7-5-16(21)6-8-17/h5-8H,9-15H2,1-4H3,(H,22,27)(H,23,24). The topological polar surface area (TPSA) is 69.2 Å². The zero-order valence-corrected chi connectivity index (χ0v) is 18.1. The second-order valence-electron chi connectivity index (χ2n) is 7.49. The van der Waals surface area contributed by atoms with Crippen LogP contribution in [0.1, 0.15) is 13.8 Å². The van der Waals surface area contributed by atoms with Gasteiger partial charge in [-0.1, -0.05) is 11.6 Å². The summed E-state index contributed by atoms with van der Waals surface area (Å²) >= 11 is 5.89. The first-order valence-corrected chi connectivity index (χ1v) is 10.0. The third-order valence-electron chi connectivity index (χ3n) is 4.90. The number of guanidine groups is 1. The van der Waals surface area contributed by atoms with Crippen LogP contribution in [0.15, 0.2) is 29.3 Å². The van der Waals surface area contributed by atoms with Crippen LogP contribution in [0.3, 0.4) is 0 Å². The van der Waals surface area contributed by atoms with Crippen LogP contribution in [-0.2, 0) is 4.79 Å². The molecule has 0 radical (unpaired) electrons. The fraction of sp³-hybridized carbons (Fsp3) is 0.600. The van der Waals surface area contributed by atoms with Crippen molar-refractivity contribution >= 4 is 23.5 Å². The maximum Gasteiger partial charge on any atom is 0.227 e. The molecule has 0 saturated carbocycles. The monoisotopic (exact) mass is 409 g/mol. The van der Waals surface area contributed by atoms with Gasteiger partial charge in [-0.25, -0.2) is 0 Å². The van der Waals surface area contributed by atoms with Crippen molar-refractivity contribution in [2.45, 2.75) is 13.8 Å². The maximum atomic E-state index is 11.9. The number of benzene rings is 1. The van der Waals surface area contributed by atoms with E-state index < -0.39 is 5.41 Å². The fourth-order valence-electron chi connectivity index (χ4n) is 3.06. The van der Waals surface area contributed by atoms with Gasteiger partial charge in [0.05, 0.1) is 5.41 Å². The van der Waals surface area contributed by atoms with Gasteiger partial charge in [0.15, 0.2) is 5.96 Å². The van der Waals surface area contributed by atoms with Gasteiger partial charge in [0.2, 0.25) is 5.91 Å². The van der Waals surface area contributed by atoms with Crippen LogP contribution in [-0.4, -0.2) is 81.6 Å². The van der Waals surface area contributed by atoms with Gasteiger partial charge in [-0.3, -0.25) is 14.7 Å². The summed E-state index contributed by atoms with van der Waals surface area (Å²) in [5.41, 5.74) is -0.495. The number of carbonyl (C=O) groups excluding carboxylic acids is 1. The molecule has 1 aliphatic rings. The number of aliphatic imine (C=N–C) groups is 1. The van der Waals surface area contributed by atoms with E-state index >= 15 is 0 Å². The highest BCUT2D eigenvalue weighted by Gasteiger charge is 2.28. The predicted molar refractivity (Wildman–Crippen MR) is 114 cm³/mol. The normalized spacial score (nSPS) is 16.0. The summed E-state index contributed by atoms with van der Waals surface area (Å²) in [4.78, 5) is 20.9. The molecule has 0 bridgehead atoms.